The molecule has 0 bridgehead atoms. The van der Waals surface area contributed by atoms with E-state index >= 15 is 0 Å². The van der Waals surface area contributed by atoms with Gasteiger partial charge in [-0.2, -0.15) is 0 Å². The van der Waals surface area contributed by atoms with Gasteiger partial charge in [0, 0.05) is 11.9 Å². The average Bonchev–Trinajstić information content (AvgIpc) is 2.99. The summed E-state index contributed by atoms with van der Waals surface area (Å²) in [6.45, 7) is 0. The summed E-state index contributed by atoms with van der Waals surface area (Å²) in [5.41, 5.74) is 0.841. The molecule has 0 saturated carbocycles. The normalized spacial score (nSPS) is 10.0. The van der Waals surface area contributed by atoms with Gasteiger partial charge in [0.15, 0.2) is 0 Å². The third kappa shape index (κ3) is 3.82. The summed E-state index contributed by atoms with van der Waals surface area (Å²) >= 11 is 1.52. The molecule has 0 aliphatic heterocycles. The summed E-state index contributed by atoms with van der Waals surface area (Å²) in [6, 6.07) is 8.76. The number of anilines is 1. The minimum absolute atomic E-state index is 0.159. The highest BCUT2D eigenvalue weighted by molar-refractivity contribution is 7.10. The molecule has 2 N–H and O–H groups in total. The maximum absolute atomic E-state index is 12.0. The van der Waals surface area contributed by atoms with E-state index in [9.17, 15) is 9.59 Å². The van der Waals surface area contributed by atoms with E-state index in [1.165, 1.54) is 18.4 Å². The summed E-state index contributed by atoms with van der Waals surface area (Å²) in [6.07, 6.45) is 0.289. The number of carbonyl (C=O) groups is 2. The van der Waals surface area contributed by atoms with Gasteiger partial charge in [0.1, 0.15) is 5.75 Å². The lowest BCUT2D eigenvalue weighted by atomic mass is 10.1. The SMILES string of the molecule is CNC(=O)c1cc(OC)ccc1NC(=O)Cc1cccs1. The zero-order valence-corrected chi connectivity index (χ0v) is 12.6. The Bertz CT molecular complexity index is 638. The van der Waals surface area contributed by atoms with Crippen LogP contribution in [0.1, 0.15) is 15.2 Å². The third-order valence-electron chi connectivity index (χ3n) is 2.89. The van der Waals surface area contributed by atoms with Gasteiger partial charge in [-0.25, -0.2) is 0 Å². The van der Waals surface area contributed by atoms with Crippen molar-refractivity contribution < 1.29 is 14.3 Å². The van der Waals surface area contributed by atoms with Crippen molar-refractivity contribution in [2.45, 2.75) is 6.42 Å². The predicted octanol–water partition coefficient (Wildman–Crippen LogP) is 2.30. The fraction of sp³-hybridized carbons (Fsp3) is 0.200. The van der Waals surface area contributed by atoms with Crippen LogP contribution in [-0.2, 0) is 11.2 Å². The lowest BCUT2D eigenvalue weighted by molar-refractivity contribution is -0.115. The van der Waals surface area contributed by atoms with Gasteiger partial charge in [-0.3, -0.25) is 9.59 Å². The van der Waals surface area contributed by atoms with Crippen LogP contribution in [0, 0.1) is 0 Å². The molecule has 2 amide bonds. The second-order valence-electron chi connectivity index (χ2n) is 4.29. The number of nitrogens with one attached hydrogen (secondary N) is 2. The molecule has 1 aromatic carbocycles. The fourth-order valence-corrected chi connectivity index (χ4v) is 2.55. The number of rotatable bonds is 5. The van der Waals surface area contributed by atoms with Crippen molar-refractivity contribution in [1.29, 1.82) is 0 Å². The van der Waals surface area contributed by atoms with E-state index in [4.69, 9.17) is 4.74 Å². The van der Waals surface area contributed by atoms with Crippen LogP contribution < -0.4 is 15.4 Å². The van der Waals surface area contributed by atoms with Crippen molar-refractivity contribution in [2.75, 3.05) is 19.5 Å². The molecule has 0 unspecified atom stereocenters. The van der Waals surface area contributed by atoms with E-state index < -0.39 is 0 Å². The highest BCUT2D eigenvalue weighted by atomic mass is 32.1. The molecule has 0 aliphatic carbocycles. The van der Waals surface area contributed by atoms with Crippen LogP contribution in [0.3, 0.4) is 0 Å². The topological polar surface area (TPSA) is 67.4 Å². The fourth-order valence-electron chi connectivity index (χ4n) is 1.85. The molecule has 21 heavy (non-hydrogen) atoms. The Hall–Kier alpha value is -2.34. The van der Waals surface area contributed by atoms with Crippen molar-refractivity contribution >= 4 is 28.8 Å². The zero-order chi connectivity index (χ0) is 15.2. The van der Waals surface area contributed by atoms with Gasteiger partial charge in [-0.15, -0.1) is 11.3 Å². The number of ether oxygens (including phenoxy) is 1. The molecule has 1 aromatic heterocycles. The van der Waals surface area contributed by atoms with Gasteiger partial charge >= 0.3 is 0 Å². The highest BCUT2D eigenvalue weighted by Gasteiger charge is 2.14. The molecule has 0 aliphatic rings. The van der Waals surface area contributed by atoms with Crippen molar-refractivity contribution in [3.63, 3.8) is 0 Å². The number of thiophene rings is 1. The Morgan fingerprint density at radius 2 is 2.10 bits per heavy atom. The maximum Gasteiger partial charge on any atom is 0.253 e. The standard InChI is InChI=1S/C15H16N2O3S/c1-16-15(19)12-8-10(20-2)5-6-13(12)17-14(18)9-11-4-3-7-21-11/h3-8H,9H2,1-2H3,(H,16,19)(H,17,18). The lowest BCUT2D eigenvalue weighted by Gasteiger charge is -2.11. The lowest BCUT2D eigenvalue weighted by Crippen LogP contribution is -2.22. The van der Waals surface area contributed by atoms with Crippen LogP contribution in [0.4, 0.5) is 5.69 Å². The Balaban J connectivity index is 2.18. The van der Waals surface area contributed by atoms with Gasteiger partial charge in [0.05, 0.1) is 24.8 Å². The van der Waals surface area contributed by atoms with Crippen molar-refractivity contribution in [2.24, 2.45) is 0 Å². The van der Waals surface area contributed by atoms with Crippen LogP contribution in [0.25, 0.3) is 0 Å². The van der Waals surface area contributed by atoms with Gasteiger partial charge in [-0.05, 0) is 29.6 Å². The first-order chi connectivity index (χ1) is 10.1. The summed E-state index contributed by atoms with van der Waals surface area (Å²) < 4.78 is 5.10. The predicted molar refractivity (Wildman–Crippen MR) is 83.0 cm³/mol. The Kier molecular flexibility index (Phi) is 4.94. The molecule has 5 nitrogen and oxygen atoms in total. The molecular formula is C15H16N2O3S. The number of hydrogen-bond donors (Lipinski definition) is 2. The van der Waals surface area contributed by atoms with Crippen LogP contribution >= 0.6 is 11.3 Å². The third-order valence-corrected chi connectivity index (χ3v) is 3.76. The quantitative estimate of drug-likeness (QED) is 0.890. The Labute approximate surface area is 126 Å². The first-order valence-electron chi connectivity index (χ1n) is 6.36. The van der Waals surface area contributed by atoms with Crippen molar-refractivity contribution in [1.82, 2.24) is 5.32 Å². The molecule has 0 radical (unpaired) electrons. The number of methoxy groups -OCH3 is 1. The van der Waals surface area contributed by atoms with E-state index in [0.717, 1.165) is 4.88 Å². The van der Waals surface area contributed by atoms with Crippen LogP contribution in [-0.4, -0.2) is 26.0 Å². The molecule has 0 spiro atoms. The van der Waals surface area contributed by atoms with Crippen molar-refractivity contribution in [3.05, 3.63) is 46.2 Å². The molecule has 2 rings (SSSR count). The minimum Gasteiger partial charge on any atom is -0.497 e. The molecule has 2 aromatic rings. The summed E-state index contributed by atoms with van der Waals surface area (Å²) in [5.74, 6) is 0.123. The number of hydrogen-bond acceptors (Lipinski definition) is 4. The molecule has 1 heterocycles. The molecule has 0 fully saturated rings. The van der Waals surface area contributed by atoms with E-state index in [2.05, 4.69) is 10.6 Å². The molecule has 6 heteroatoms. The Morgan fingerprint density at radius 1 is 1.29 bits per heavy atom. The largest absolute Gasteiger partial charge is 0.497 e. The number of amides is 2. The summed E-state index contributed by atoms with van der Waals surface area (Å²) in [4.78, 5) is 24.9. The second kappa shape index (κ2) is 6.90. The summed E-state index contributed by atoms with van der Waals surface area (Å²) in [7, 11) is 3.07. The molecule has 0 saturated heterocycles. The van der Waals surface area contributed by atoms with Crippen LogP contribution in [0.2, 0.25) is 0 Å². The molecular weight excluding hydrogens is 288 g/mol. The van der Waals surface area contributed by atoms with Gasteiger partial charge in [-0.1, -0.05) is 6.07 Å². The van der Waals surface area contributed by atoms with Crippen LogP contribution in [0.15, 0.2) is 35.7 Å². The molecule has 0 atom stereocenters. The van der Waals surface area contributed by atoms with Gasteiger partial charge in [0.2, 0.25) is 5.91 Å². The molecule has 110 valence electrons. The monoisotopic (exact) mass is 304 g/mol. The highest BCUT2D eigenvalue weighted by Crippen LogP contribution is 2.22. The zero-order valence-electron chi connectivity index (χ0n) is 11.8. The van der Waals surface area contributed by atoms with Gasteiger partial charge in [0.25, 0.3) is 5.91 Å². The maximum atomic E-state index is 12.0. The van der Waals surface area contributed by atoms with Gasteiger partial charge < -0.3 is 15.4 Å². The van der Waals surface area contributed by atoms with E-state index in [-0.39, 0.29) is 18.2 Å². The Morgan fingerprint density at radius 3 is 2.71 bits per heavy atom. The minimum atomic E-state index is -0.277. The van der Waals surface area contributed by atoms with E-state index in [1.807, 2.05) is 17.5 Å². The smallest absolute Gasteiger partial charge is 0.253 e. The van der Waals surface area contributed by atoms with Crippen molar-refractivity contribution in [3.8, 4) is 5.75 Å². The van der Waals surface area contributed by atoms with E-state index in [1.54, 1.807) is 25.2 Å². The first-order valence-corrected chi connectivity index (χ1v) is 7.24. The summed E-state index contributed by atoms with van der Waals surface area (Å²) in [5, 5.41) is 7.24. The average molecular weight is 304 g/mol. The van der Waals surface area contributed by atoms with Crippen LogP contribution in [0.5, 0.6) is 5.75 Å². The number of benzene rings is 1. The second-order valence-corrected chi connectivity index (χ2v) is 5.33. The first kappa shape index (κ1) is 15.1. The number of carbonyl (C=O) groups excluding carboxylic acids is 2. The van der Waals surface area contributed by atoms with E-state index in [0.29, 0.717) is 17.0 Å².